The molecular formula is C11H14N4O. The zero-order valence-electron chi connectivity index (χ0n) is 9.03. The number of H-pyrrole nitrogens is 1. The summed E-state index contributed by atoms with van der Waals surface area (Å²) in [5, 5.41) is 2.76. The van der Waals surface area contributed by atoms with Gasteiger partial charge in [-0.15, -0.1) is 0 Å². The van der Waals surface area contributed by atoms with Crippen molar-refractivity contribution >= 4 is 16.9 Å². The normalized spacial score (nSPS) is 12.6. The van der Waals surface area contributed by atoms with Gasteiger partial charge in [0.25, 0.3) is 5.91 Å². The summed E-state index contributed by atoms with van der Waals surface area (Å²) in [6, 6.07) is 5.30. The molecule has 0 saturated heterocycles. The zero-order valence-corrected chi connectivity index (χ0v) is 9.03. The van der Waals surface area contributed by atoms with E-state index >= 15 is 0 Å². The van der Waals surface area contributed by atoms with E-state index in [1.165, 1.54) is 0 Å². The van der Waals surface area contributed by atoms with E-state index in [0.29, 0.717) is 12.1 Å². The van der Waals surface area contributed by atoms with Crippen LogP contribution >= 0.6 is 0 Å². The van der Waals surface area contributed by atoms with E-state index < -0.39 is 0 Å². The van der Waals surface area contributed by atoms with E-state index in [1.807, 2.05) is 13.0 Å². The van der Waals surface area contributed by atoms with Crippen molar-refractivity contribution in [3.8, 4) is 0 Å². The minimum Gasteiger partial charge on any atom is -0.350 e. The molecule has 84 valence electrons. The van der Waals surface area contributed by atoms with Gasteiger partial charge in [-0.3, -0.25) is 4.79 Å². The van der Waals surface area contributed by atoms with Gasteiger partial charge in [-0.2, -0.15) is 0 Å². The van der Waals surface area contributed by atoms with Gasteiger partial charge >= 0.3 is 0 Å². The Labute approximate surface area is 93.1 Å². The Balaban J connectivity index is 2.16. The summed E-state index contributed by atoms with van der Waals surface area (Å²) >= 11 is 0. The Morgan fingerprint density at radius 1 is 1.62 bits per heavy atom. The Bertz CT molecular complexity index is 503. The molecule has 5 heteroatoms. The van der Waals surface area contributed by atoms with Gasteiger partial charge < -0.3 is 16.0 Å². The largest absolute Gasteiger partial charge is 0.350 e. The number of carbonyl (C=O) groups is 1. The minimum absolute atomic E-state index is 0.0418. The van der Waals surface area contributed by atoms with E-state index in [-0.39, 0.29) is 11.9 Å². The van der Waals surface area contributed by atoms with Crippen LogP contribution < -0.4 is 11.1 Å². The van der Waals surface area contributed by atoms with Gasteiger partial charge in [0.15, 0.2) is 0 Å². The molecule has 16 heavy (non-hydrogen) atoms. The van der Waals surface area contributed by atoms with Crippen molar-refractivity contribution in [3.05, 3.63) is 30.1 Å². The highest BCUT2D eigenvalue weighted by Gasteiger charge is 2.07. The Morgan fingerprint density at radius 2 is 2.44 bits per heavy atom. The first-order chi connectivity index (χ1) is 7.66. The van der Waals surface area contributed by atoms with Crippen LogP contribution in [-0.4, -0.2) is 28.5 Å². The first-order valence-corrected chi connectivity index (χ1v) is 5.14. The van der Waals surface area contributed by atoms with E-state index in [9.17, 15) is 4.79 Å². The highest BCUT2D eigenvalue weighted by atomic mass is 16.1. The van der Waals surface area contributed by atoms with Gasteiger partial charge in [-0.05, 0) is 25.1 Å². The molecule has 1 atom stereocenters. The fourth-order valence-electron chi connectivity index (χ4n) is 1.43. The number of nitrogens with one attached hydrogen (secondary N) is 2. The van der Waals surface area contributed by atoms with Crippen LogP contribution in [0.3, 0.4) is 0 Å². The Morgan fingerprint density at radius 3 is 3.19 bits per heavy atom. The number of aromatic amines is 1. The van der Waals surface area contributed by atoms with Crippen LogP contribution in [0.4, 0.5) is 0 Å². The predicted octanol–water partition coefficient (Wildman–Crippen LogP) is 0.640. The number of nitrogens with zero attached hydrogens (tertiary/aromatic N) is 1. The quantitative estimate of drug-likeness (QED) is 0.706. The van der Waals surface area contributed by atoms with Crippen molar-refractivity contribution in [2.24, 2.45) is 5.73 Å². The second kappa shape index (κ2) is 4.32. The first kappa shape index (κ1) is 10.6. The number of hydrogen-bond donors (Lipinski definition) is 3. The Hall–Kier alpha value is -1.88. The number of amides is 1. The zero-order chi connectivity index (χ0) is 11.5. The molecule has 2 rings (SSSR count). The lowest BCUT2D eigenvalue weighted by molar-refractivity contribution is 0.0952. The third-order valence-corrected chi connectivity index (χ3v) is 2.27. The van der Waals surface area contributed by atoms with Crippen LogP contribution in [0.2, 0.25) is 0 Å². The average molecular weight is 218 g/mol. The summed E-state index contributed by atoms with van der Waals surface area (Å²) < 4.78 is 0. The van der Waals surface area contributed by atoms with Crippen molar-refractivity contribution < 1.29 is 4.79 Å². The summed E-state index contributed by atoms with van der Waals surface area (Å²) in [6.07, 6.45) is 1.61. The number of benzene rings is 1. The van der Waals surface area contributed by atoms with Crippen molar-refractivity contribution in [2.45, 2.75) is 13.0 Å². The van der Waals surface area contributed by atoms with E-state index in [0.717, 1.165) is 11.0 Å². The molecule has 4 N–H and O–H groups in total. The lowest BCUT2D eigenvalue weighted by Crippen LogP contribution is -2.35. The fourth-order valence-corrected chi connectivity index (χ4v) is 1.43. The molecule has 0 radical (unpaired) electrons. The van der Waals surface area contributed by atoms with Crippen LogP contribution in [0.1, 0.15) is 17.3 Å². The maximum atomic E-state index is 11.7. The molecule has 1 aromatic heterocycles. The van der Waals surface area contributed by atoms with Gasteiger partial charge in [-0.1, -0.05) is 0 Å². The van der Waals surface area contributed by atoms with Gasteiger partial charge in [0.1, 0.15) is 0 Å². The number of aromatic nitrogens is 2. The summed E-state index contributed by atoms with van der Waals surface area (Å²) in [7, 11) is 0. The van der Waals surface area contributed by atoms with Crippen molar-refractivity contribution in [1.82, 2.24) is 15.3 Å². The maximum Gasteiger partial charge on any atom is 0.251 e. The minimum atomic E-state index is -0.117. The number of hydrogen-bond acceptors (Lipinski definition) is 3. The molecule has 5 nitrogen and oxygen atoms in total. The summed E-state index contributed by atoms with van der Waals surface area (Å²) in [5.41, 5.74) is 7.88. The molecule has 0 aliphatic carbocycles. The molecule has 1 aromatic carbocycles. The second-order valence-electron chi connectivity index (χ2n) is 3.82. The smallest absolute Gasteiger partial charge is 0.251 e. The predicted molar refractivity (Wildman–Crippen MR) is 62.1 cm³/mol. The molecule has 1 unspecified atom stereocenters. The summed E-state index contributed by atoms with van der Waals surface area (Å²) in [4.78, 5) is 18.8. The van der Waals surface area contributed by atoms with Crippen molar-refractivity contribution in [3.63, 3.8) is 0 Å². The highest BCUT2D eigenvalue weighted by Crippen LogP contribution is 2.11. The third kappa shape index (κ3) is 2.20. The number of rotatable bonds is 3. The number of fused-ring (bicyclic) bond motifs is 1. The molecular weight excluding hydrogens is 204 g/mol. The van der Waals surface area contributed by atoms with Gasteiger partial charge in [0.2, 0.25) is 0 Å². The van der Waals surface area contributed by atoms with Crippen LogP contribution in [0.25, 0.3) is 11.0 Å². The van der Waals surface area contributed by atoms with Crippen LogP contribution in [0.15, 0.2) is 24.5 Å². The third-order valence-electron chi connectivity index (χ3n) is 2.27. The Kier molecular flexibility index (Phi) is 2.87. The SMILES string of the molecule is CC(N)CNC(=O)c1ccc2nc[nH]c2c1. The van der Waals surface area contributed by atoms with E-state index in [4.69, 9.17) is 5.73 Å². The molecule has 0 spiro atoms. The van der Waals surface area contributed by atoms with Crippen LogP contribution in [-0.2, 0) is 0 Å². The molecule has 0 bridgehead atoms. The fraction of sp³-hybridized carbons (Fsp3) is 0.273. The number of imidazole rings is 1. The molecule has 0 aliphatic rings. The summed E-state index contributed by atoms with van der Waals surface area (Å²) in [5.74, 6) is -0.117. The topological polar surface area (TPSA) is 83.8 Å². The van der Waals surface area contributed by atoms with Crippen LogP contribution in [0, 0.1) is 0 Å². The maximum absolute atomic E-state index is 11.7. The number of nitrogens with two attached hydrogens (primary N) is 1. The number of carbonyl (C=O) groups excluding carboxylic acids is 1. The molecule has 0 aliphatic heterocycles. The molecule has 1 amide bonds. The lowest BCUT2D eigenvalue weighted by Gasteiger charge is -2.07. The van der Waals surface area contributed by atoms with Crippen molar-refractivity contribution in [2.75, 3.05) is 6.54 Å². The van der Waals surface area contributed by atoms with E-state index in [1.54, 1.807) is 18.5 Å². The highest BCUT2D eigenvalue weighted by molar-refractivity contribution is 5.97. The molecule has 1 heterocycles. The van der Waals surface area contributed by atoms with Gasteiger partial charge in [0, 0.05) is 18.2 Å². The second-order valence-corrected chi connectivity index (χ2v) is 3.82. The first-order valence-electron chi connectivity index (χ1n) is 5.14. The van der Waals surface area contributed by atoms with Crippen molar-refractivity contribution in [1.29, 1.82) is 0 Å². The van der Waals surface area contributed by atoms with Gasteiger partial charge in [0.05, 0.1) is 17.4 Å². The average Bonchev–Trinajstić information content (AvgIpc) is 2.72. The summed E-state index contributed by atoms with van der Waals surface area (Å²) in [6.45, 7) is 2.32. The van der Waals surface area contributed by atoms with Gasteiger partial charge in [-0.25, -0.2) is 4.98 Å². The standard InChI is InChI=1S/C11H14N4O/c1-7(12)5-13-11(16)8-2-3-9-10(4-8)15-6-14-9/h2-4,6-7H,5,12H2,1H3,(H,13,16)(H,14,15). The monoisotopic (exact) mass is 218 g/mol. The van der Waals surface area contributed by atoms with Crippen LogP contribution in [0.5, 0.6) is 0 Å². The molecule has 2 aromatic rings. The molecule has 0 fully saturated rings. The lowest BCUT2D eigenvalue weighted by atomic mass is 10.2. The molecule has 0 saturated carbocycles. The van der Waals surface area contributed by atoms with E-state index in [2.05, 4.69) is 15.3 Å².